The van der Waals surface area contributed by atoms with Crippen LogP contribution in [0.4, 0.5) is 0 Å². The van der Waals surface area contributed by atoms with Gasteiger partial charge in [0.05, 0.1) is 42.5 Å². The number of Topliss-reactive ketones (excluding diaryl/α,β-unsaturated/α-hetero) is 1. The van der Waals surface area contributed by atoms with E-state index in [-0.39, 0.29) is 35.7 Å². The van der Waals surface area contributed by atoms with Crippen molar-refractivity contribution in [1.82, 2.24) is 4.90 Å². The number of ketones is 1. The van der Waals surface area contributed by atoms with Gasteiger partial charge in [-0.1, -0.05) is 55.4 Å². The van der Waals surface area contributed by atoms with Crippen LogP contribution in [0.25, 0.3) is 0 Å². The van der Waals surface area contributed by atoms with Crippen LogP contribution in [-0.2, 0) is 33.3 Å². The van der Waals surface area contributed by atoms with Gasteiger partial charge in [-0.15, -0.1) is 0 Å². The Labute approximate surface area is 297 Å². The number of aliphatic hydroxyl groups excluding tert-OH is 4. The quantitative estimate of drug-likeness (QED) is 0.131. The number of carbonyl (C=O) groups is 2. The topological polar surface area (TPSA) is 164 Å². The van der Waals surface area contributed by atoms with Gasteiger partial charge >= 0.3 is 5.97 Å². The van der Waals surface area contributed by atoms with E-state index in [1.807, 2.05) is 55.6 Å². The predicted octanol–water partition coefficient (Wildman–Crippen LogP) is 4.52. The van der Waals surface area contributed by atoms with Crippen molar-refractivity contribution in [2.45, 2.75) is 176 Å². The molecule has 12 nitrogen and oxygen atoms in total. The summed E-state index contributed by atoms with van der Waals surface area (Å²) >= 11 is 0. The van der Waals surface area contributed by atoms with Gasteiger partial charge in [0.15, 0.2) is 18.9 Å². The molecule has 0 bridgehead atoms. The van der Waals surface area contributed by atoms with Gasteiger partial charge in [0.2, 0.25) is 0 Å². The minimum absolute atomic E-state index is 0.0239. The lowest BCUT2D eigenvalue weighted by Gasteiger charge is -2.41. The monoisotopic (exact) mass is 708 g/mol. The van der Waals surface area contributed by atoms with E-state index in [0.29, 0.717) is 38.1 Å². The fourth-order valence-electron chi connectivity index (χ4n) is 6.29. The van der Waals surface area contributed by atoms with Crippen molar-refractivity contribution in [3.8, 4) is 0 Å². The van der Waals surface area contributed by atoms with Crippen LogP contribution in [-0.4, -0.2) is 120 Å². The van der Waals surface area contributed by atoms with Gasteiger partial charge < -0.3 is 49.0 Å². The van der Waals surface area contributed by atoms with E-state index in [1.165, 1.54) is 0 Å². The fourth-order valence-corrected chi connectivity index (χ4v) is 6.29. The van der Waals surface area contributed by atoms with Crippen LogP contribution in [0.2, 0.25) is 0 Å². The molecule has 0 aromatic rings. The van der Waals surface area contributed by atoms with E-state index in [9.17, 15) is 24.9 Å². The number of esters is 1. The molecule has 2 rings (SSSR count). The van der Waals surface area contributed by atoms with Gasteiger partial charge in [0.1, 0.15) is 5.78 Å². The van der Waals surface area contributed by atoms with E-state index in [2.05, 4.69) is 4.90 Å². The highest BCUT2D eigenvalue weighted by Crippen LogP contribution is 2.32. The lowest BCUT2D eigenvalue weighted by atomic mass is 9.83. The molecular weight excluding hydrogens is 634 g/mol. The van der Waals surface area contributed by atoms with Gasteiger partial charge in [0.25, 0.3) is 0 Å². The zero-order valence-corrected chi connectivity index (χ0v) is 33.0. The molecule has 49 heavy (non-hydrogen) atoms. The van der Waals surface area contributed by atoms with Crippen molar-refractivity contribution in [1.29, 1.82) is 0 Å². The highest BCUT2D eigenvalue weighted by molar-refractivity contribution is 5.83. The molecule has 0 aliphatic carbocycles. The second-order valence-electron chi connectivity index (χ2n) is 14.3. The van der Waals surface area contributed by atoms with Gasteiger partial charge in [-0.25, -0.2) is 0 Å². The molecule has 10 unspecified atom stereocenters. The zero-order chi connectivity index (χ0) is 38.2. The van der Waals surface area contributed by atoms with Crippen molar-refractivity contribution in [2.75, 3.05) is 21.2 Å². The molecule has 2 saturated heterocycles. The van der Waals surface area contributed by atoms with Gasteiger partial charge in [-0.3, -0.25) is 9.59 Å². The SMILES string of the molecule is CC.CC1CC(O)OC(C)[C@@H]1O.CC[C@@H](O)OC(=O)C(C)CC(C)[C@@H](OC1CC(N(C)C)CC(C)O1)C(C[C@@H](C)C(=O)[C@H](C)C(C)O)OC. The molecule has 0 aromatic heterocycles. The standard InChI is InChI=1S/C28H53NO8.C7H14O3.C2H6/c1-11-24(31)36-28(33)18(4)12-17(3)27(37-25-15-22(29(8)9)14-19(5)35-25)23(34-10)13-16(2)26(32)20(6)21(7)30;1-4-3-6(8)10-5(2)7(4)9;1-2/h16-25,27,30-31H,11-15H2,1-10H3;4-9H,3H2,1-2H3;1-2H3/t16-,17?,18?,19?,20-,21?,22?,23?,24+,25?,27-;4?,5?,6?,7-;/m11./s1. The van der Waals surface area contributed by atoms with Gasteiger partial charge in [0, 0.05) is 44.2 Å². The summed E-state index contributed by atoms with van der Waals surface area (Å²) in [6.45, 7) is 20.4. The first kappa shape index (κ1) is 47.8. The summed E-state index contributed by atoms with van der Waals surface area (Å²) in [5, 5.41) is 38.0. The average Bonchev–Trinajstić information content (AvgIpc) is 3.04. The Hall–Kier alpha value is -1.22. The van der Waals surface area contributed by atoms with Crippen molar-refractivity contribution in [3.05, 3.63) is 0 Å². The summed E-state index contributed by atoms with van der Waals surface area (Å²) in [6.07, 6.45) is -1.18. The Kier molecular flexibility index (Phi) is 23.5. The number of rotatable bonds is 16. The lowest BCUT2D eigenvalue weighted by molar-refractivity contribution is -0.247. The molecule has 0 aromatic carbocycles. The van der Waals surface area contributed by atoms with Crippen molar-refractivity contribution >= 4 is 11.8 Å². The summed E-state index contributed by atoms with van der Waals surface area (Å²) in [5.74, 6) is -1.78. The van der Waals surface area contributed by atoms with E-state index in [1.54, 1.807) is 41.7 Å². The van der Waals surface area contributed by atoms with Crippen LogP contribution >= 0.6 is 0 Å². The molecule has 0 radical (unpaired) electrons. The van der Waals surface area contributed by atoms with Crippen LogP contribution in [0.1, 0.15) is 115 Å². The van der Waals surface area contributed by atoms with Crippen LogP contribution < -0.4 is 0 Å². The normalized spacial score (nSPS) is 30.6. The van der Waals surface area contributed by atoms with Gasteiger partial charge in [-0.2, -0.15) is 0 Å². The number of aliphatic hydroxyl groups is 4. The minimum Gasteiger partial charge on any atom is -0.436 e. The third-order valence-corrected chi connectivity index (χ3v) is 9.70. The average molecular weight is 708 g/mol. The number of nitrogens with zero attached hydrogens (tertiary/aromatic N) is 1. The maximum absolute atomic E-state index is 12.9. The van der Waals surface area contributed by atoms with Crippen LogP contribution in [0, 0.1) is 29.6 Å². The second kappa shape index (κ2) is 24.1. The lowest BCUT2D eigenvalue weighted by Crippen LogP contribution is -2.47. The first-order chi connectivity index (χ1) is 22.8. The second-order valence-corrected chi connectivity index (χ2v) is 14.3. The molecule has 4 N–H and O–H groups in total. The first-order valence-corrected chi connectivity index (χ1v) is 18.4. The summed E-state index contributed by atoms with van der Waals surface area (Å²) in [4.78, 5) is 27.6. The third kappa shape index (κ3) is 16.8. The molecule has 2 fully saturated rings. The summed E-state index contributed by atoms with van der Waals surface area (Å²) < 4.78 is 28.7. The van der Waals surface area contributed by atoms with Crippen molar-refractivity contribution in [2.24, 2.45) is 29.6 Å². The Balaban J connectivity index is 0.00000161. The number of ether oxygens (including phenoxy) is 5. The van der Waals surface area contributed by atoms with Crippen molar-refractivity contribution in [3.63, 3.8) is 0 Å². The Bertz CT molecular complexity index is 894. The maximum atomic E-state index is 12.9. The fraction of sp³-hybridized carbons (Fsp3) is 0.946. The summed E-state index contributed by atoms with van der Waals surface area (Å²) in [5.41, 5.74) is 0. The molecule has 2 aliphatic rings. The molecule has 15 atom stereocenters. The highest BCUT2D eigenvalue weighted by atomic mass is 16.7. The highest BCUT2D eigenvalue weighted by Gasteiger charge is 2.38. The zero-order valence-electron chi connectivity index (χ0n) is 33.0. The van der Waals surface area contributed by atoms with E-state index < -0.39 is 61.1 Å². The molecule has 0 spiro atoms. The van der Waals surface area contributed by atoms with Crippen molar-refractivity contribution < 1.29 is 53.7 Å². The number of hydrogen-bond donors (Lipinski definition) is 4. The van der Waals surface area contributed by atoms with Crippen LogP contribution in [0.5, 0.6) is 0 Å². The first-order valence-electron chi connectivity index (χ1n) is 18.4. The minimum atomic E-state index is -1.12. The molecular formula is C37H73NO11. The third-order valence-electron chi connectivity index (χ3n) is 9.70. The molecule has 2 heterocycles. The molecule has 0 saturated carbocycles. The predicted molar refractivity (Wildman–Crippen MR) is 189 cm³/mol. The Morgan fingerprint density at radius 3 is 1.98 bits per heavy atom. The Morgan fingerprint density at radius 2 is 1.49 bits per heavy atom. The molecule has 292 valence electrons. The smallest absolute Gasteiger partial charge is 0.310 e. The van der Waals surface area contributed by atoms with E-state index in [0.717, 1.165) is 6.42 Å². The Morgan fingerprint density at radius 1 is 0.898 bits per heavy atom. The van der Waals surface area contributed by atoms with Gasteiger partial charge in [-0.05, 0) is 66.0 Å². The van der Waals surface area contributed by atoms with Crippen LogP contribution in [0.15, 0.2) is 0 Å². The maximum Gasteiger partial charge on any atom is 0.310 e. The number of methoxy groups -OCH3 is 1. The number of hydrogen-bond acceptors (Lipinski definition) is 12. The number of carbonyl (C=O) groups excluding carboxylic acids is 2. The molecule has 2 aliphatic heterocycles. The van der Waals surface area contributed by atoms with E-state index in [4.69, 9.17) is 28.8 Å². The summed E-state index contributed by atoms with van der Waals surface area (Å²) in [6, 6.07) is 0.308. The largest absolute Gasteiger partial charge is 0.436 e. The van der Waals surface area contributed by atoms with Crippen LogP contribution in [0.3, 0.4) is 0 Å². The summed E-state index contributed by atoms with van der Waals surface area (Å²) in [7, 11) is 5.70. The molecule has 12 heteroatoms. The molecule has 0 amide bonds. The van der Waals surface area contributed by atoms with E-state index >= 15 is 0 Å².